The number of nitrogens with zero attached hydrogens (tertiary/aromatic N) is 4. The number of hydrogen-bond acceptors (Lipinski definition) is 6. The largest absolute Gasteiger partial charge is 0.324 e. The van der Waals surface area contributed by atoms with Gasteiger partial charge in [0, 0.05) is 6.20 Å². The molecule has 0 saturated heterocycles. The number of hydrazine groups is 1. The van der Waals surface area contributed by atoms with E-state index in [-0.39, 0.29) is 10.6 Å². The monoisotopic (exact) mass is 290 g/mol. The van der Waals surface area contributed by atoms with Crippen molar-refractivity contribution in [2.45, 2.75) is 33.2 Å². The van der Waals surface area contributed by atoms with Crippen LogP contribution in [0.15, 0.2) is 18.3 Å². The molecule has 0 aliphatic carbocycles. The predicted molar refractivity (Wildman–Crippen MR) is 78.8 cm³/mol. The molecule has 8 nitrogen and oxygen atoms in total. The van der Waals surface area contributed by atoms with Gasteiger partial charge in [0.05, 0.1) is 22.8 Å². The Labute approximate surface area is 122 Å². The number of aryl methyl sites for hydroxylation is 1. The van der Waals surface area contributed by atoms with E-state index in [4.69, 9.17) is 5.84 Å². The van der Waals surface area contributed by atoms with Crippen molar-refractivity contribution in [2.24, 2.45) is 5.84 Å². The van der Waals surface area contributed by atoms with Crippen molar-refractivity contribution in [3.8, 4) is 0 Å². The number of pyridine rings is 1. The van der Waals surface area contributed by atoms with Crippen LogP contribution in [0.4, 0.5) is 11.4 Å². The molecule has 0 atom stereocenters. The lowest BCUT2D eigenvalue weighted by atomic mass is 10.2. The van der Waals surface area contributed by atoms with Crippen LogP contribution in [0.25, 0.3) is 0 Å². The zero-order valence-electron chi connectivity index (χ0n) is 12.0. The van der Waals surface area contributed by atoms with Crippen LogP contribution in [-0.4, -0.2) is 19.7 Å². The van der Waals surface area contributed by atoms with Crippen LogP contribution in [0.5, 0.6) is 0 Å². The summed E-state index contributed by atoms with van der Waals surface area (Å²) < 4.78 is 1.65. The maximum Gasteiger partial charge on any atom is 0.313 e. The van der Waals surface area contributed by atoms with E-state index in [1.165, 1.54) is 0 Å². The van der Waals surface area contributed by atoms with Gasteiger partial charge in [-0.25, -0.2) is 0 Å². The van der Waals surface area contributed by atoms with Gasteiger partial charge in [0.1, 0.15) is 11.4 Å². The van der Waals surface area contributed by atoms with Crippen molar-refractivity contribution in [2.75, 3.05) is 5.43 Å². The summed E-state index contributed by atoms with van der Waals surface area (Å²) in [5.41, 5.74) is 5.26. The number of nitro groups is 1. The Kier molecular flexibility index (Phi) is 4.49. The summed E-state index contributed by atoms with van der Waals surface area (Å²) in [6.07, 6.45) is 2.70. The highest BCUT2D eigenvalue weighted by atomic mass is 16.6. The molecule has 0 spiro atoms. The van der Waals surface area contributed by atoms with Gasteiger partial charge in [-0.2, -0.15) is 5.10 Å². The minimum Gasteiger partial charge on any atom is -0.324 e. The molecule has 0 bridgehead atoms. The third-order valence-electron chi connectivity index (χ3n) is 3.25. The minimum atomic E-state index is -0.355. The lowest BCUT2D eigenvalue weighted by Crippen LogP contribution is -2.10. The van der Waals surface area contributed by atoms with Crippen molar-refractivity contribution in [1.29, 1.82) is 0 Å². The highest BCUT2D eigenvalue weighted by Crippen LogP contribution is 2.25. The molecule has 0 unspecified atom stereocenters. The summed E-state index contributed by atoms with van der Waals surface area (Å²) >= 11 is 0. The summed E-state index contributed by atoms with van der Waals surface area (Å²) in [7, 11) is 0. The normalized spacial score (nSPS) is 10.6. The number of aromatic nitrogens is 3. The van der Waals surface area contributed by atoms with Gasteiger partial charge in [0.25, 0.3) is 0 Å². The molecule has 2 heterocycles. The molecule has 0 fully saturated rings. The summed E-state index contributed by atoms with van der Waals surface area (Å²) in [5.74, 6) is 5.37. The maximum atomic E-state index is 11.2. The van der Waals surface area contributed by atoms with Crippen LogP contribution >= 0.6 is 0 Å². The zero-order chi connectivity index (χ0) is 15.4. The molecule has 3 N–H and O–H groups in total. The van der Waals surface area contributed by atoms with Gasteiger partial charge in [-0.05, 0) is 25.0 Å². The van der Waals surface area contributed by atoms with Crippen LogP contribution in [0.1, 0.15) is 30.9 Å². The summed E-state index contributed by atoms with van der Waals surface area (Å²) in [5, 5.41) is 15.6. The number of hydrogen-bond donors (Lipinski definition) is 2. The van der Waals surface area contributed by atoms with Crippen molar-refractivity contribution in [1.82, 2.24) is 14.8 Å². The topological polar surface area (TPSA) is 112 Å². The van der Waals surface area contributed by atoms with Crippen LogP contribution < -0.4 is 11.3 Å². The number of nitrogens with two attached hydrogens (primary N) is 1. The lowest BCUT2D eigenvalue weighted by molar-refractivity contribution is -0.386. The lowest BCUT2D eigenvalue weighted by Gasteiger charge is -2.06. The molecule has 21 heavy (non-hydrogen) atoms. The van der Waals surface area contributed by atoms with Crippen molar-refractivity contribution < 1.29 is 4.92 Å². The fourth-order valence-corrected chi connectivity index (χ4v) is 2.28. The van der Waals surface area contributed by atoms with E-state index >= 15 is 0 Å². The van der Waals surface area contributed by atoms with Crippen LogP contribution in [0, 0.1) is 10.1 Å². The van der Waals surface area contributed by atoms with Crippen LogP contribution in [0.2, 0.25) is 0 Å². The molecule has 112 valence electrons. The SMILES string of the molecule is CCc1nn(Cc2cc(NN)ccn2)c(CC)c1[N+](=O)[O-]. The molecule has 2 aromatic heterocycles. The third kappa shape index (κ3) is 3.00. The first-order valence-electron chi connectivity index (χ1n) is 6.75. The molecule has 0 radical (unpaired) electrons. The molecule has 2 aromatic rings. The molecule has 0 amide bonds. The fraction of sp³-hybridized carbons (Fsp3) is 0.385. The highest BCUT2D eigenvalue weighted by molar-refractivity contribution is 5.43. The Hall–Kier alpha value is -2.48. The summed E-state index contributed by atoms with van der Waals surface area (Å²) in [4.78, 5) is 15.1. The molecule has 2 rings (SSSR count). The highest BCUT2D eigenvalue weighted by Gasteiger charge is 2.25. The first-order chi connectivity index (χ1) is 10.1. The average Bonchev–Trinajstić information content (AvgIpc) is 2.85. The second-order valence-electron chi connectivity index (χ2n) is 4.54. The Balaban J connectivity index is 2.41. The van der Waals surface area contributed by atoms with E-state index in [1.807, 2.05) is 13.8 Å². The Morgan fingerprint density at radius 3 is 2.76 bits per heavy atom. The fourth-order valence-electron chi connectivity index (χ4n) is 2.28. The third-order valence-corrected chi connectivity index (χ3v) is 3.25. The van der Waals surface area contributed by atoms with Crippen molar-refractivity contribution in [3.05, 3.63) is 45.5 Å². The van der Waals surface area contributed by atoms with Gasteiger partial charge in [-0.1, -0.05) is 13.8 Å². The van der Waals surface area contributed by atoms with Crippen LogP contribution in [-0.2, 0) is 19.4 Å². The van der Waals surface area contributed by atoms with Gasteiger partial charge in [0.2, 0.25) is 0 Å². The second-order valence-corrected chi connectivity index (χ2v) is 4.54. The minimum absolute atomic E-state index is 0.119. The van der Waals surface area contributed by atoms with E-state index in [9.17, 15) is 10.1 Å². The molecular formula is C13H18N6O2. The van der Waals surface area contributed by atoms with E-state index in [0.29, 0.717) is 30.8 Å². The molecule has 0 aliphatic heterocycles. The molecule has 8 heteroatoms. The van der Waals surface area contributed by atoms with Gasteiger partial charge in [-0.15, -0.1) is 0 Å². The van der Waals surface area contributed by atoms with E-state index in [1.54, 1.807) is 23.0 Å². The first kappa shape index (κ1) is 14.9. The molecule has 0 aliphatic rings. The summed E-state index contributed by atoms with van der Waals surface area (Å²) in [6, 6.07) is 3.53. The predicted octanol–water partition coefficient (Wildman–Crippen LogP) is 1.64. The quantitative estimate of drug-likeness (QED) is 0.475. The molecule has 0 saturated carbocycles. The summed E-state index contributed by atoms with van der Waals surface area (Å²) in [6.45, 7) is 4.11. The van der Waals surface area contributed by atoms with Gasteiger partial charge in [0.15, 0.2) is 0 Å². The van der Waals surface area contributed by atoms with Gasteiger partial charge >= 0.3 is 5.69 Å². The zero-order valence-corrected chi connectivity index (χ0v) is 12.0. The van der Waals surface area contributed by atoms with Gasteiger partial charge in [-0.3, -0.25) is 25.6 Å². The number of anilines is 1. The Morgan fingerprint density at radius 1 is 1.43 bits per heavy atom. The smallest absolute Gasteiger partial charge is 0.313 e. The molecular weight excluding hydrogens is 272 g/mol. The average molecular weight is 290 g/mol. The van der Waals surface area contributed by atoms with Crippen LogP contribution in [0.3, 0.4) is 0 Å². The standard InChI is InChI=1S/C13H18N6O2/c1-3-11-13(19(20)21)12(4-2)18(17-11)8-10-7-9(16-14)5-6-15-10/h5-7H,3-4,8,14H2,1-2H3,(H,15,16). The maximum absolute atomic E-state index is 11.2. The van der Waals surface area contributed by atoms with Gasteiger partial charge < -0.3 is 5.43 Å². The Morgan fingerprint density at radius 2 is 2.19 bits per heavy atom. The number of nitrogen functional groups attached to an aromatic ring is 1. The van der Waals surface area contributed by atoms with E-state index < -0.39 is 0 Å². The van der Waals surface area contributed by atoms with Crippen molar-refractivity contribution >= 4 is 11.4 Å². The van der Waals surface area contributed by atoms with Crippen molar-refractivity contribution in [3.63, 3.8) is 0 Å². The van der Waals surface area contributed by atoms with E-state index in [0.717, 1.165) is 11.4 Å². The second kappa shape index (κ2) is 6.31. The Bertz CT molecular complexity index is 652. The number of nitrogens with one attached hydrogen (secondary N) is 1. The number of rotatable bonds is 6. The molecule has 0 aromatic carbocycles. The first-order valence-corrected chi connectivity index (χ1v) is 6.75. The van der Waals surface area contributed by atoms with E-state index in [2.05, 4.69) is 15.5 Å².